The van der Waals surface area contributed by atoms with Crippen LogP contribution in [-0.2, 0) is 0 Å². The maximum Gasteiger partial charge on any atom is 0.187 e. The van der Waals surface area contributed by atoms with E-state index in [-0.39, 0.29) is 11.5 Å². The lowest BCUT2D eigenvalue weighted by Crippen LogP contribution is -1.94. The predicted octanol–water partition coefficient (Wildman–Crippen LogP) is 2.69. The molecule has 2 aromatic rings. The number of hydrogen-bond acceptors (Lipinski definition) is 4. The standard InChI is InChI=1S/C15H13NO3/c1-19-15-9-11(5-7-14(15)18)4-6-13(17)12-3-2-8-16-10-12/h2-10,18H,1H3/b6-4+. The summed E-state index contributed by atoms with van der Waals surface area (Å²) in [7, 11) is 1.48. The number of rotatable bonds is 4. The number of hydrogen-bond donors (Lipinski definition) is 1. The highest BCUT2D eigenvalue weighted by molar-refractivity contribution is 6.06. The van der Waals surface area contributed by atoms with Gasteiger partial charge in [0.15, 0.2) is 17.3 Å². The molecule has 19 heavy (non-hydrogen) atoms. The van der Waals surface area contributed by atoms with E-state index in [1.54, 1.807) is 36.5 Å². The summed E-state index contributed by atoms with van der Waals surface area (Å²) < 4.78 is 5.00. The van der Waals surface area contributed by atoms with E-state index >= 15 is 0 Å². The zero-order chi connectivity index (χ0) is 13.7. The van der Waals surface area contributed by atoms with Crippen molar-refractivity contribution in [2.45, 2.75) is 0 Å². The lowest BCUT2D eigenvalue weighted by Gasteiger charge is -2.03. The largest absolute Gasteiger partial charge is 0.504 e. The number of phenols is 1. The predicted molar refractivity (Wildman–Crippen MR) is 72.3 cm³/mol. The Balaban J connectivity index is 2.17. The molecule has 0 bridgehead atoms. The summed E-state index contributed by atoms with van der Waals surface area (Å²) in [5.74, 6) is 0.314. The zero-order valence-electron chi connectivity index (χ0n) is 10.4. The number of ketones is 1. The van der Waals surface area contributed by atoms with Gasteiger partial charge in [-0.15, -0.1) is 0 Å². The maximum atomic E-state index is 11.8. The number of ether oxygens (including phenoxy) is 1. The summed E-state index contributed by atoms with van der Waals surface area (Å²) in [5, 5.41) is 9.47. The lowest BCUT2D eigenvalue weighted by molar-refractivity contribution is 0.104. The van der Waals surface area contributed by atoms with Crippen LogP contribution < -0.4 is 4.74 Å². The number of carbonyl (C=O) groups excluding carboxylic acids is 1. The Morgan fingerprint density at radius 1 is 1.37 bits per heavy atom. The second kappa shape index (κ2) is 5.82. The van der Waals surface area contributed by atoms with Crippen LogP contribution in [0, 0.1) is 0 Å². The Bertz CT molecular complexity index is 606. The number of allylic oxidation sites excluding steroid dienone is 1. The Labute approximate surface area is 111 Å². The SMILES string of the molecule is COc1cc(/C=C/C(=O)c2cccnc2)ccc1O. The molecule has 0 saturated carbocycles. The molecule has 0 radical (unpaired) electrons. The molecule has 0 aliphatic heterocycles. The van der Waals surface area contributed by atoms with Crippen molar-refractivity contribution < 1.29 is 14.6 Å². The van der Waals surface area contributed by atoms with Crippen LogP contribution in [0.2, 0.25) is 0 Å². The van der Waals surface area contributed by atoms with Gasteiger partial charge in [0.05, 0.1) is 7.11 Å². The van der Waals surface area contributed by atoms with Crippen molar-refractivity contribution in [3.05, 3.63) is 59.9 Å². The van der Waals surface area contributed by atoms with Crippen LogP contribution >= 0.6 is 0 Å². The molecule has 0 amide bonds. The van der Waals surface area contributed by atoms with Crippen LogP contribution in [0.5, 0.6) is 11.5 Å². The molecular formula is C15H13NO3. The van der Waals surface area contributed by atoms with Gasteiger partial charge in [0, 0.05) is 18.0 Å². The number of carbonyl (C=O) groups is 1. The van der Waals surface area contributed by atoms with E-state index in [2.05, 4.69) is 4.98 Å². The Morgan fingerprint density at radius 3 is 2.89 bits per heavy atom. The number of aromatic nitrogens is 1. The quantitative estimate of drug-likeness (QED) is 0.674. The first kappa shape index (κ1) is 12.8. The van der Waals surface area contributed by atoms with Gasteiger partial charge in [-0.1, -0.05) is 12.1 Å². The van der Waals surface area contributed by atoms with Crippen molar-refractivity contribution >= 4 is 11.9 Å². The molecule has 0 aliphatic carbocycles. The molecule has 4 heteroatoms. The average Bonchev–Trinajstić information content (AvgIpc) is 2.47. The van der Waals surface area contributed by atoms with Crippen LogP contribution in [0.3, 0.4) is 0 Å². The number of aromatic hydroxyl groups is 1. The molecule has 0 spiro atoms. The maximum absolute atomic E-state index is 11.8. The van der Waals surface area contributed by atoms with Crippen molar-refractivity contribution in [2.24, 2.45) is 0 Å². The molecule has 2 rings (SSSR count). The molecule has 96 valence electrons. The van der Waals surface area contributed by atoms with Crippen molar-refractivity contribution in [1.82, 2.24) is 4.98 Å². The number of nitrogens with zero attached hydrogens (tertiary/aromatic N) is 1. The molecule has 0 aliphatic rings. The average molecular weight is 255 g/mol. The van der Waals surface area contributed by atoms with Crippen molar-refractivity contribution in [2.75, 3.05) is 7.11 Å². The van der Waals surface area contributed by atoms with Gasteiger partial charge in [-0.3, -0.25) is 9.78 Å². The Kier molecular flexibility index (Phi) is 3.93. The van der Waals surface area contributed by atoms with Crippen LogP contribution in [-0.4, -0.2) is 23.0 Å². The molecule has 0 fully saturated rings. The molecule has 1 aromatic heterocycles. The Hall–Kier alpha value is -2.62. The third kappa shape index (κ3) is 3.19. The first-order chi connectivity index (χ1) is 9.20. The summed E-state index contributed by atoms with van der Waals surface area (Å²) >= 11 is 0. The molecule has 0 unspecified atom stereocenters. The zero-order valence-corrected chi connectivity index (χ0v) is 10.4. The molecule has 4 nitrogen and oxygen atoms in total. The van der Waals surface area contributed by atoms with Gasteiger partial charge in [-0.25, -0.2) is 0 Å². The minimum absolute atomic E-state index is 0.0678. The van der Waals surface area contributed by atoms with Crippen LogP contribution in [0.4, 0.5) is 0 Å². The summed E-state index contributed by atoms with van der Waals surface area (Å²) in [5.41, 5.74) is 1.30. The molecule has 0 saturated heterocycles. The van der Waals surface area contributed by atoms with Gasteiger partial charge in [-0.2, -0.15) is 0 Å². The lowest BCUT2D eigenvalue weighted by atomic mass is 10.1. The first-order valence-corrected chi connectivity index (χ1v) is 5.70. The number of phenolic OH excluding ortho intramolecular Hbond substituents is 1. The van der Waals surface area contributed by atoms with Gasteiger partial charge in [0.1, 0.15) is 0 Å². The highest BCUT2D eigenvalue weighted by atomic mass is 16.5. The smallest absolute Gasteiger partial charge is 0.187 e. The molecule has 1 aromatic carbocycles. The van der Waals surface area contributed by atoms with Gasteiger partial charge in [0.2, 0.25) is 0 Å². The van der Waals surface area contributed by atoms with E-state index in [1.165, 1.54) is 25.4 Å². The number of pyridine rings is 1. The van der Waals surface area contributed by atoms with E-state index < -0.39 is 0 Å². The van der Waals surface area contributed by atoms with Gasteiger partial charge >= 0.3 is 0 Å². The fraction of sp³-hybridized carbons (Fsp3) is 0.0667. The van der Waals surface area contributed by atoms with Crippen molar-refractivity contribution in [3.63, 3.8) is 0 Å². The summed E-state index contributed by atoms with van der Waals surface area (Å²) in [6.07, 6.45) is 6.26. The van der Waals surface area contributed by atoms with Gasteiger partial charge in [-0.05, 0) is 35.9 Å². The highest BCUT2D eigenvalue weighted by Gasteiger charge is 2.02. The van der Waals surface area contributed by atoms with Crippen LogP contribution in [0.25, 0.3) is 6.08 Å². The first-order valence-electron chi connectivity index (χ1n) is 5.70. The van der Waals surface area contributed by atoms with E-state index in [1.807, 2.05) is 0 Å². The monoisotopic (exact) mass is 255 g/mol. The second-order valence-corrected chi connectivity index (χ2v) is 3.87. The fourth-order valence-electron chi connectivity index (χ4n) is 1.57. The number of methoxy groups -OCH3 is 1. The van der Waals surface area contributed by atoms with Crippen LogP contribution in [0.15, 0.2) is 48.8 Å². The van der Waals surface area contributed by atoms with Crippen molar-refractivity contribution in [3.8, 4) is 11.5 Å². The molecule has 1 N–H and O–H groups in total. The van der Waals surface area contributed by atoms with Gasteiger partial charge < -0.3 is 9.84 Å². The summed E-state index contributed by atoms with van der Waals surface area (Å²) in [6.45, 7) is 0. The fourth-order valence-corrected chi connectivity index (χ4v) is 1.57. The van der Waals surface area contributed by atoms with E-state index in [9.17, 15) is 9.90 Å². The molecule has 0 atom stereocenters. The van der Waals surface area contributed by atoms with Gasteiger partial charge in [0.25, 0.3) is 0 Å². The normalized spacial score (nSPS) is 10.6. The molecular weight excluding hydrogens is 242 g/mol. The third-order valence-corrected chi connectivity index (χ3v) is 2.58. The topological polar surface area (TPSA) is 59.4 Å². The minimum atomic E-state index is -0.125. The van der Waals surface area contributed by atoms with E-state index in [0.29, 0.717) is 11.3 Å². The van der Waals surface area contributed by atoms with Crippen molar-refractivity contribution in [1.29, 1.82) is 0 Å². The number of benzene rings is 1. The van der Waals surface area contributed by atoms with E-state index in [4.69, 9.17) is 4.74 Å². The summed E-state index contributed by atoms with van der Waals surface area (Å²) in [4.78, 5) is 15.7. The third-order valence-electron chi connectivity index (χ3n) is 2.58. The minimum Gasteiger partial charge on any atom is -0.504 e. The highest BCUT2D eigenvalue weighted by Crippen LogP contribution is 2.26. The molecule has 1 heterocycles. The van der Waals surface area contributed by atoms with Crippen LogP contribution in [0.1, 0.15) is 15.9 Å². The second-order valence-electron chi connectivity index (χ2n) is 3.87. The van der Waals surface area contributed by atoms with E-state index in [0.717, 1.165) is 5.56 Å². The Morgan fingerprint density at radius 2 is 2.21 bits per heavy atom. The summed E-state index contributed by atoms with van der Waals surface area (Å²) in [6, 6.07) is 8.29.